The molecule has 0 heterocycles. The maximum atomic E-state index is 11.7. The third-order valence-corrected chi connectivity index (χ3v) is 5.00. The van der Waals surface area contributed by atoms with Crippen molar-refractivity contribution in [3.8, 4) is 11.5 Å². The Hall–Kier alpha value is -2.70. The SMILES string of the molecule is CC/C(=C(/CC)c1ccc(OC(=O)NCCCl)cc1)c1ccc(OC(=O)NCCCl)cc1. The Kier molecular flexibility index (Phi) is 10.9. The number of carbonyl (C=O) groups is 2. The summed E-state index contributed by atoms with van der Waals surface area (Å²) < 4.78 is 10.5. The van der Waals surface area contributed by atoms with Crippen LogP contribution in [-0.2, 0) is 0 Å². The van der Waals surface area contributed by atoms with Crippen LogP contribution in [0.1, 0.15) is 37.8 Å². The minimum Gasteiger partial charge on any atom is -0.410 e. The van der Waals surface area contributed by atoms with Crippen LogP contribution in [0, 0.1) is 0 Å². The predicted molar refractivity (Wildman–Crippen MR) is 130 cm³/mol. The molecule has 0 radical (unpaired) electrons. The summed E-state index contributed by atoms with van der Waals surface area (Å²) in [5.41, 5.74) is 4.50. The zero-order valence-electron chi connectivity index (χ0n) is 18.3. The van der Waals surface area contributed by atoms with E-state index in [9.17, 15) is 9.59 Å². The van der Waals surface area contributed by atoms with Gasteiger partial charge in [0.25, 0.3) is 0 Å². The molecule has 0 spiro atoms. The van der Waals surface area contributed by atoms with E-state index in [4.69, 9.17) is 32.7 Å². The van der Waals surface area contributed by atoms with Crippen molar-refractivity contribution < 1.29 is 19.1 Å². The number of halogens is 2. The van der Waals surface area contributed by atoms with Gasteiger partial charge in [0.1, 0.15) is 11.5 Å². The molecular weight excluding hydrogens is 451 g/mol. The molecule has 2 aromatic carbocycles. The molecule has 0 aromatic heterocycles. The molecule has 6 nitrogen and oxygen atoms in total. The van der Waals surface area contributed by atoms with Crippen LogP contribution in [0.15, 0.2) is 48.5 Å². The van der Waals surface area contributed by atoms with Gasteiger partial charge in [-0.15, -0.1) is 23.2 Å². The molecule has 0 saturated heterocycles. The monoisotopic (exact) mass is 478 g/mol. The second kappa shape index (κ2) is 13.7. The standard InChI is InChI=1S/C24H28Cl2N2O4/c1-3-21(17-5-9-19(10-6-17)31-23(29)27-15-13-25)22(4-2)18-7-11-20(12-8-18)32-24(30)28-16-14-26/h5-12H,3-4,13-16H2,1-2H3,(H,27,29)(H,28,30)/b22-21+. The van der Waals surface area contributed by atoms with Gasteiger partial charge in [0.15, 0.2) is 0 Å². The van der Waals surface area contributed by atoms with E-state index in [0.29, 0.717) is 36.3 Å². The zero-order valence-corrected chi connectivity index (χ0v) is 19.8. The molecule has 0 atom stereocenters. The van der Waals surface area contributed by atoms with Gasteiger partial charge in [-0.2, -0.15) is 0 Å². The summed E-state index contributed by atoms with van der Waals surface area (Å²) in [4.78, 5) is 23.4. The van der Waals surface area contributed by atoms with Crippen molar-refractivity contribution >= 4 is 46.5 Å². The van der Waals surface area contributed by atoms with Gasteiger partial charge in [-0.25, -0.2) is 9.59 Å². The normalized spacial score (nSPS) is 11.4. The average molecular weight is 479 g/mol. The largest absolute Gasteiger partial charge is 0.412 e. The zero-order chi connectivity index (χ0) is 23.3. The molecule has 0 aliphatic heterocycles. The number of alkyl halides is 2. The van der Waals surface area contributed by atoms with E-state index in [-0.39, 0.29) is 0 Å². The van der Waals surface area contributed by atoms with Gasteiger partial charge in [-0.1, -0.05) is 38.1 Å². The number of carbonyl (C=O) groups excluding carboxylic acids is 2. The lowest BCUT2D eigenvalue weighted by atomic mass is 9.91. The minimum absolute atomic E-state index is 0.326. The van der Waals surface area contributed by atoms with Gasteiger partial charge in [-0.3, -0.25) is 0 Å². The van der Waals surface area contributed by atoms with E-state index >= 15 is 0 Å². The lowest BCUT2D eigenvalue weighted by molar-refractivity contribution is 0.200. The molecule has 0 fully saturated rings. The Morgan fingerprint density at radius 1 is 0.688 bits per heavy atom. The maximum absolute atomic E-state index is 11.7. The van der Waals surface area contributed by atoms with Gasteiger partial charge in [0.05, 0.1) is 0 Å². The Morgan fingerprint density at radius 2 is 1.03 bits per heavy atom. The molecule has 2 N–H and O–H groups in total. The number of rotatable bonds is 10. The van der Waals surface area contributed by atoms with Gasteiger partial charge in [0, 0.05) is 24.8 Å². The van der Waals surface area contributed by atoms with E-state index in [1.165, 1.54) is 11.1 Å². The summed E-state index contributed by atoms with van der Waals surface area (Å²) in [7, 11) is 0. The van der Waals surface area contributed by atoms with Crippen LogP contribution in [0.25, 0.3) is 11.1 Å². The van der Waals surface area contributed by atoms with E-state index in [2.05, 4.69) is 24.5 Å². The van der Waals surface area contributed by atoms with Crippen molar-refractivity contribution in [1.29, 1.82) is 0 Å². The summed E-state index contributed by atoms with van der Waals surface area (Å²) in [6, 6.07) is 14.9. The topological polar surface area (TPSA) is 76.7 Å². The molecule has 172 valence electrons. The first-order valence-corrected chi connectivity index (χ1v) is 11.5. The molecule has 0 bridgehead atoms. The Balaban J connectivity index is 2.18. The number of hydrogen-bond acceptors (Lipinski definition) is 4. The number of benzene rings is 2. The first-order valence-electron chi connectivity index (χ1n) is 10.5. The van der Waals surface area contributed by atoms with Crippen LogP contribution in [0.4, 0.5) is 9.59 Å². The van der Waals surface area contributed by atoms with Crippen LogP contribution in [0.2, 0.25) is 0 Å². The average Bonchev–Trinajstić information content (AvgIpc) is 2.81. The highest BCUT2D eigenvalue weighted by atomic mass is 35.5. The molecule has 0 aliphatic rings. The highest BCUT2D eigenvalue weighted by Gasteiger charge is 2.11. The fourth-order valence-corrected chi connectivity index (χ4v) is 3.41. The molecule has 8 heteroatoms. The van der Waals surface area contributed by atoms with Crippen molar-refractivity contribution in [2.45, 2.75) is 26.7 Å². The fourth-order valence-electron chi connectivity index (χ4n) is 3.22. The first-order chi connectivity index (χ1) is 15.5. The molecular formula is C24H28Cl2N2O4. The predicted octanol–water partition coefficient (Wildman–Crippen LogP) is 6.07. The number of allylic oxidation sites excluding steroid dienone is 2. The second-order valence-corrected chi connectivity index (χ2v) is 7.48. The van der Waals surface area contributed by atoms with Gasteiger partial charge < -0.3 is 20.1 Å². The Morgan fingerprint density at radius 3 is 1.31 bits per heavy atom. The summed E-state index contributed by atoms with van der Waals surface area (Å²) in [5, 5.41) is 5.12. The van der Waals surface area contributed by atoms with Gasteiger partial charge in [-0.05, 0) is 59.4 Å². The van der Waals surface area contributed by atoms with Crippen molar-refractivity contribution in [2.24, 2.45) is 0 Å². The number of nitrogens with one attached hydrogen (secondary N) is 2. The van der Waals surface area contributed by atoms with Crippen LogP contribution in [0.3, 0.4) is 0 Å². The van der Waals surface area contributed by atoms with Crippen molar-refractivity contribution in [1.82, 2.24) is 10.6 Å². The van der Waals surface area contributed by atoms with Crippen molar-refractivity contribution in [2.75, 3.05) is 24.8 Å². The fraction of sp³-hybridized carbons (Fsp3) is 0.333. The van der Waals surface area contributed by atoms with Gasteiger partial charge >= 0.3 is 12.2 Å². The summed E-state index contributed by atoms with van der Waals surface area (Å²) in [6.07, 6.45) is 0.604. The van der Waals surface area contributed by atoms with Gasteiger partial charge in [0.2, 0.25) is 0 Å². The molecule has 0 aliphatic carbocycles. The lowest BCUT2D eigenvalue weighted by Crippen LogP contribution is -2.28. The lowest BCUT2D eigenvalue weighted by Gasteiger charge is -2.15. The smallest absolute Gasteiger partial charge is 0.410 e. The van der Waals surface area contributed by atoms with Crippen LogP contribution in [0.5, 0.6) is 11.5 Å². The Labute approximate surface area is 198 Å². The number of amides is 2. The third-order valence-electron chi connectivity index (χ3n) is 4.63. The molecule has 32 heavy (non-hydrogen) atoms. The van der Waals surface area contributed by atoms with E-state index < -0.39 is 12.2 Å². The maximum Gasteiger partial charge on any atom is 0.412 e. The molecule has 2 amide bonds. The number of hydrogen-bond donors (Lipinski definition) is 2. The Bertz CT molecular complexity index is 837. The van der Waals surface area contributed by atoms with E-state index in [1.807, 2.05) is 24.3 Å². The molecule has 2 rings (SSSR count). The quantitative estimate of drug-likeness (QED) is 0.320. The van der Waals surface area contributed by atoms with Crippen LogP contribution < -0.4 is 20.1 Å². The molecule has 0 saturated carbocycles. The van der Waals surface area contributed by atoms with Crippen molar-refractivity contribution in [3.63, 3.8) is 0 Å². The van der Waals surface area contributed by atoms with E-state index in [0.717, 1.165) is 24.0 Å². The number of ether oxygens (including phenoxy) is 2. The van der Waals surface area contributed by atoms with Crippen LogP contribution >= 0.6 is 23.2 Å². The first kappa shape index (κ1) is 25.6. The highest BCUT2D eigenvalue weighted by Crippen LogP contribution is 2.33. The highest BCUT2D eigenvalue weighted by molar-refractivity contribution is 6.18. The third kappa shape index (κ3) is 7.77. The summed E-state index contributed by atoms with van der Waals surface area (Å²) in [6.45, 7) is 4.91. The second-order valence-electron chi connectivity index (χ2n) is 6.72. The molecule has 2 aromatic rings. The molecule has 0 unspecified atom stereocenters. The minimum atomic E-state index is -0.530. The van der Waals surface area contributed by atoms with Crippen molar-refractivity contribution in [3.05, 3.63) is 59.7 Å². The summed E-state index contributed by atoms with van der Waals surface area (Å²) >= 11 is 11.1. The van der Waals surface area contributed by atoms with E-state index in [1.54, 1.807) is 24.3 Å². The van der Waals surface area contributed by atoms with Crippen LogP contribution in [-0.4, -0.2) is 37.0 Å². The summed E-state index contributed by atoms with van der Waals surface area (Å²) in [5.74, 6) is 1.58.